The molecule has 0 fully saturated rings. The fraction of sp³-hybridized carbons (Fsp3) is 0.500. The van der Waals surface area contributed by atoms with Crippen molar-refractivity contribution in [3.8, 4) is 0 Å². The van der Waals surface area contributed by atoms with Crippen molar-refractivity contribution in [2.75, 3.05) is 7.11 Å². The molecular formula is C12H18N2O2. The Kier molecular flexibility index (Phi) is 4.43. The number of methoxy groups -OCH3 is 1. The highest BCUT2D eigenvalue weighted by Crippen LogP contribution is 2.13. The molecule has 1 atom stereocenters. The van der Waals surface area contributed by atoms with Crippen molar-refractivity contribution >= 4 is 5.91 Å². The second-order valence-electron chi connectivity index (χ2n) is 3.83. The summed E-state index contributed by atoms with van der Waals surface area (Å²) in [4.78, 5) is 15.8. The minimum Gasteiger partial charge on any atom is -0.369 e. The minimum atomic E-state index is -0.743. The molecule has 0 radical (unpaired) electrons. The molecule has 1 heterocycles. The van der Waals surface area contributed by atoms with Crippen LogP contribution in [0.5, 0.6) is 0 Å². The minimum absolute atomic E-state index is 0.0886. The fourth-order valence-corrected chi connectivity index (χ4v) is 1.27. The van der Waals surface area contributed by atoms with Gasteiger partial charge in [-0.05, 0) is 31.0 Å². The van der Waals surface area contributed by atoms with Crippen molar-refractivity contribution in [1.82, 2.24) is 10.3 Å². The summed E-state index contributed by atoms with van der Waals surface area (Å²) in [6.45, 7) is 4.21. The second-order valence-corrected chi connectivity index (χ2v) is 3.83. The molecule has 0 spiro atoms. The molecule has 4 nitrogen and oxygen atoms in total. The smallest absolute Gasteiger partial charge is 0.252 e. The summed E-state index contributed by atoms with van der Waals surface area (Å²) < 4.78 is 5.21. The van der Waals surface area contributed by atoms with Crippen LogP contribution in [0.1, 0.15) is 25.8 Å². The first kappa shape index (κ1) is 12.6. The molecule has 1 aromatic rings. The molecule has 0 bridgehead atoms. The van der Waals surface area contributed by atoms with Gasteiger partial charge < -0.3 is 10.1 Å². The predicted octanol–water partition coefficient (Wildman–Crippen LogP) is 1.51. The van der Waals surface area contributed by atoms with Gasteiger partial charge in [0.05, 0.1) is 0 Å². The normalized spacial score (nSPS) is 14.2. The van der Waals surface area contributed by atoms with E-state index in [1.807, 2.05) is 19.1 Å². The van der Waals surface area contributed by atoms with Crippen molar-refractivity contribution in [3.05, 3.63) is 30.1 Å². The highest BCUT2D eigenvalue weighted by atomic mass is 16.5. The van der Waals surface area contributed by atoms with Crippen LogP contribution in [0.4, 0.5) is 0 Å². The van der Waals surface area contributed by atoms with Crippen molar-refractivity contribution in [2.24, 2.45) is 0 Å². The van der Waals surface area contributed by atoms with Crippen LogP contribution in [0.2, 0.25) is 0 Å². The molecule has 0 aliphatic rings. The van der Waals surface area contributed by atoms with E-state index in [0.29, 0.717) is 13.0 Å². The van der Waals surface area contributed by atoms with Crippen LogP contribution in [-0.2, 0) is 16.1 Å². The highest BCUT2D eigenvalue weighted by Gasteiger charge is 2.30. The number of hydrogen-bond donors (Lipinski definition) is 1. The zero-order valence-electron chi connectivity index (χ0n) is 9.99. The van der Waals surface area contributed by atoms with Gasteiger partial charge in [0.2, 0.25) is 0 Å². The van der Waals surface area contributed by atoms with Gasteiger partial charge in [-0.3, -0.25) is 9.78 Å². The molecule has 0 aliphatic carbocycles. The first-order valence-corrected chi connectivity index (χ1v) is 5.34. The number of hydrogen-bond acceptors (Lipinski definition) is 3. The van der Waals surface area contributed by atoms with Crippen molar-refractivity contribution in [3.63, 3.8) is 0 Å². The summed E-state index contributed by atoms with van der Waals surface area (Å²) in [5.74, 6) is -0.0886. The number of amides is 1. The molecule has 4 heteroatoms. The van der Waals surface area contributed by atoms with E-state index in [9.17, 15) is 4.79 Å². The summed E-state index contributed by atoms with van der Waals surface area (Å²) in [5.41, 5.74) is 0.283. The summed E-state index contributed by atoms with van der Waals surface area (Å²) in [7, 11) is 1.55. The molecule has 1 amide bonds. The second kappa shape index (κ2) is 5.61. The van der Waals surface area contributed by atoms with Gasteiger partial charge in [0.15, 0.2) is 0 Å². The molecule has 0 aromatic carbocycles. The van der Waals surface area contributed by atoms with Crippen LogP contribution in [0.3, 0.4) is 0 Å². The van der Waals surface area contributed by atoms with E-state index in [1.165, 1.54) is 0 Å². The Bertz CT molecular complexity index is 334. The number of pyridine rings is 1. The topological polar surface area (TPSA) is 51.2 Å². The Morgan fingerprint density at radius 2 is 2.12 bits per heavy atom. The van der Waals surface area contributed by atoms with E-state index < -0.39 is 5.60 Å². The van der Waals surface area contributed by atoms with Crippen LogP contribution in [0, 0.1) is 0 Å². The number of carbonyl (C=O) groups is 1. The molecule has 0 saturated heterocycles. The lowest BCUT2D eigenvalue weighted by molar-refractivity contribution is -0.142. The first-order valence-electron chi connectivity index (χ1n) is 5.34. The van der Waals surface area contributed by atoms with Gasteiger partial charge in [-0.1, -0.05) is 6.92 Å². The lowest BCUT2D eigenvalue weighted by Gasteiger charge is -2.25. The third kappa shape index (κ3) is 3.03. The first-order chi connectivity index (χ1) is 7.62. The molecule has 1 aromatic heterocycles. The van der Waals surface area contributed by atoms with Gasteiger partial charge in [0.1, 0.15) is 5.60 Å². The van der Waals surface area contributed by atoms with Gasteiger partial charge in [0.25, 0.3) is 5.91 Å². The van der Waals surface area contributed by atoms with Crippen LogP contribution < -0.4 is 5.32 Å². The van der Waals surface area contributed by atoms with Gasteiger partial charge in [-0.2, -0.15) is 0 Å². The van der Waals surface area contributed by atoms with E-state index in [4.69, 9.17) is 4.74 Å². The zero-order chi connectivity index (χ0) is 12.0. The Balaban J connectivity index is 2.53. The number of nitrogens with zero attached hydrogens (tertiary/aromatic N) is 1. The summed E-state index contributed by atoms with van der Waals surface area (Å²) in [5, 5.41) is 2.85. The maximum Gasteiger partial charge on any atom is 0.252 e. The van der Waals surface area contributed by atoms with E-state index in [0.717, 1.165) is 5.56 Å². The number of rotatable bonds is 5. The van der Waals surface area contributed by atoms with Crippen molar-refractivity contribution < 1.29 is 9.53 Å². The van der Waals surface area contributed by atoms with E-state index in [2.05, 4.69) is 10.3 Å². The standard InChI is InChI=1S/C12H18N2O2/c1-4-12(2,16-3)11(15)14-9-10-5-7-13-8-6-10/h5-8H,4,9H2,1-3H3,(H,14,15). The van der Waals surface area contributed by atoms with Gasteiger partial charge in [0, 0.05) is 26.0 Å². The van der Waals surface area contributed by atoms with Crippen molar-refractivity contribution in [2.45, 2.75) is 32.4 Å². The van der Waals surface area contributed by atoms with Gasteiger partial charge >= 0.3 is 0 Å². The largest absolute Gasteiger partial charge is 0.369 e. The van der Waals surface area contributed by atoms with E-state index in [1.54, 1.807) is 26.4 Å². The maximum absolute atomic E-state index is 11.8. The quantitative estimate of drug-likeness (QED) is 0.821. The number of aromatic nitrogens is 1. The highest BCUT2D eigenvalue weighted by molar-refractivity contribution is 5.84. The Labute approximate surface area is 96.0 Å². The van der Waals surface area contributed by atoms with Crippen LogP contribution in [0.25, 0.3) is 0 Å². The number of nitrogens with one attached hydrogen (secondary N) is 1. The molecule has 1 rings (SSSR count). The van der Waals surface area contributed by atoms with E-state index >= 15 is 0 Å². The Morgan fingerprint density at radius 1 is 1.50 bits per heavy atom. The summed E-state index contributed by atoms with van der Waals surface area (Å²) in [6, 6.07) is 3.74. The van der Waals surface area contributed by atoms with Crippen LogP contribution in [-0.4, -0.2) is 23.6 Å². The Morgan fingerprint density at radius 3 is 2.62 bits per heavy atom. The summed E-state index contributed by atoms with van der Waals surface area (Å²) in [6.07, 6.45) is 4.05. The van der Waals surface area contributed by atoms with Gasteiger partial charge in [-0.15, -0.1) is 0 Å². The summed E-state index contributed by atoms with van der Waals surface area (Å²) >= 11 is 0. The zero-order valence-corrected chi connectivity index (χ0v) is 9.99. The molecule has 1 unspecified atom stereocenters. The Hall–Kier alpha value is -1.42. The molecule has 0 saturated carbocycles. The van der Waals surface area contributed by atoms with Crippen LogP contribution >= 0.6 is 0 Å². The molecule has 0 aliphatic heterocycles. The van der Waals surface area contributed by atoms with Crippen LogP contribution in [0.15, 0.2) is 24.5 Å². The third-order valence-electron chi connectivity index (χ3n) is 2.81. The molecular weight excluding hydrogens is 204 g/mol. The van der Waals surface area contributed by atoms with E-state index in [-0.39, 0.29) is 5.91 Å². The average molecular weight is 222 g/mol. The fourth-order valence-electron chi connectivity index (χ4n) is 1.27. The van der Waals surface area contributed by atoms with Crippen molar-refractivity contribution in [1.29, 1.82) is 0 Å². The maximum atomic E-state index is 11.8. The average Bonchev–Trinajstić information content (AvgIpc) is 2.36. The lowest BCUT2D eigenvalue weighted by Crippen LogP contribution is -2.45. The monoisotopic (exact) mass is 222 g/mol. The lowest BCUT2D eigenvalue weighted by atomic mass is 10.0. The molecule has 16 heavy (non-hydrogen) atoms. The van der Waals surface area contributed by atoms with Gasteiger partial charge in [-0.25, -0.2) is 0 Å². The number of carbonyl (C=O) groups excluding carboxylic acids is 1. The molecule has 1 N–H and O–H groups in total. The SMILES string of the molecule is CCC(C)(OC)C(=O)NCc1ccncc1. The third-order valence-corrected chi connectivity index (χ3v) is 2.81. The predicted molar refractivity (Wildman–Crippen MR) is 61.8 cm³/mol. The number of ether oxygens (including phenoxy) is 1. The molecule has 88 valence electrons.